The zero-order valence-electron chi connectivity index (χ0n) is 13.8. The van der Waals surface area contributed by atoms with Gasteiger partial charge in [-0.15, -0.1) is 0 Å². The molecule has 1 N–H and O–H groups in total. The first-order valence-corrected chi connectivity index (χ1v) is 8.59. The number of aromatic amines is 1. The Labute approximate surface area is 136 Å². The maximum atomic E-state index is 12.4. The number of hydrogen-bond donors (Lipinski definition) is 1. The quantitative estimate of drug-likeness (QED) is 0.948. The van der Waals surface area contributed by atoms with Crippen LogP contribution in [0.4, 0.5) is 5.69 Å². The summed E-state index contributed by atoms with van der Waals surface area (Å²) in [5.74, 6) is 1.26. The number of nitrogens with one attached hydrogen (secondary N) is 1. The van der Waals surface area contributed by atoms with Crippen LogP contribution in [0.5, 0.6) is 0 Å². The van der Waals surface area contributed by atoms with Gasteiger partial charge < -0.3 is 14.8 Å². The van der Waals surface area contributed by atoms with Crippen molar-refractivity contribution in [1.82, 2.24) is 14.9 Å². The summed E-state index contributed by atoms with van der Waals surface area (Å²) in [6.07, 6.45) is 7.03. The maximum absolute atomic E-state index is 12.4. The van der Waals surface area contributed by atoms with Crippen LogP contribution in [0.25, 0.3) is 11.0 Å². The van der Waals surface area contributed by atoms with Gasteiger partial charge in [0.15, 0.2) is 0 Å². The number of nitrogens with zero attached hydrogens (tertiary/aromatic N) is 3. The Hall–Kier alpha value is -2.04. The molecule has 0 unspecified atom stereocenters. The van der Waals surface area contributed by atoms with E-state index < -0.39 is 0 Å². The molecular formula is C18H24N4O. The molecule has 5 heteroatoms. The van der Waals surface area contributed by atoms with Crippen LogP contribution in [0.1, 0.15) is 26.2 Å². The number of anilines is 1. The predicted octanol–water partition coefficient (Wildman–Crippen LogP) is 2.65. The Bertz CT molecular complexity index is 721. The van der Waals surface area contributed by atoms with Crippen LogP contribution in [0.2, 0.25) is 0 Å². The van der Waals surface area contributed by atoms with E-state index in [1.165, 1.54) is 5.69 Å². The predicted molar refractivity (Wildman–Crippen MR) is 91.4 cm³/mol. The van der Waals surface area contributed by atoms with Gasteiger partial charge in [-0.2, -0.15) is 0 Å². The average molecular weight is 312 g/mol. The second kappa shape index (κ2) is 5.55. The van der Waals surface area contributed by atoms with E-state index in [0.29, 0.717) is 23.8 Å². The van der Waals surface area contributed by atoms with Crippen LogP contribution in [0.3, 0.4) is 0 Å². The summed E-state index contributed by atoms with van der Waals surface area (Å²) in [5.41, 5.74) is 2.11. The van der Waals surface area contributed by atoms with Crippen molar-refractivity contribution < 1.29 is 4.79 Å². The largest absolute Gasteiger partial charge is 0.369 e. The summed E-state index contributed by atoms with van der Waals surface area (Å²) in [7, 11) is 2.15. The fourth-order valence-corrected chi connectivity index (χ4v) is 3.77. The Kier molecular flexibility index (Phi) is 3.51. The Morgan fingerprint density at radius 2 is 2.17 bits per heavy atom. The molecule has 2 aromatic heterocycles. The van der Waals surface area contributed by atoms with Gasteiger partial charge in [-0.25, -0.2) is 4.98 Å². The topological polar surface area (TPSA) is 52.2 Å². The van der Waals surface area contributed by atoms with Crippen LogP contribution in [-0.2, 0) is 4.79 Å². The maximum Gasteiger partial charge on any atom is 0.225 e. The molecule has 2 fully saturated rings. The molecule has 23 heavy (non-hydrogen) atoms. The molecule has 2 atom stereocenters. The molecule has 2 aromatic rings. The molecule has 5 nitrogen and oxygen atoms in total. The van der Waals surface area contributed by atoms with E-state index in [1.807, 2.05) is 12.4 Å². The number of fused-ring (bicyclic) bond motifs is 1. The number of hydrogen-bond acceptors (Lipinski definition) is 3. The lowest BCUT2D eigenvalue weighted by molar-refractivity contribution is -0.134. The number of pyridine rings is 1. The molecule has 1 amide bonds. The monoisotopic (exact) mass is 312 g/mol. The van der Waals surface area contributed by atoms with Crippen molar-refractivity contribution in [3.05, 3.63) is 24.5 Å². The van der Waals surface area contributed by atoms with Crippen molar-refractivity contribution in [2.75, 3.05) is 25.0 Å². The number of carbonyl (C=O) groups is 1. The van der Waals surface area contributed by atoms with Gasteiger partial charge in [-0.3, -0.25) is 4.79 Å². The second-order valence-corrected chi connectivity index (χ2v) is 7.07. The second-order valence-electron chi connectivity index (χ2n) is 7.07. The lowest BCUT2D eigenvalue weighted by Gasteiger charge is -2.42. The van der Waals surface area contributed by atoms with E-state index in [9.17, 15) is 4.79 Å². The third-order valence-corrected chi connectivity index (χ3v) is 5.47. The Morgan fingerprint density at radius 3 is 2.96 bits per heavy atom. The molecule has 4 rings (SSSR count). The highest BCUT2D eigenvalue weighted by Gasteiger charge is 2.38. The van der Waals surface area contributed by atoms with Crippen molar-refractivity contribution in [1.29, 1.82) is 0 Å². The number of H-pyrrole nitrogens is 1. The highest BCUT2D eigenvalue weighted by Crippen LogP contribution is 2.34. The average Bonchev–Trinajstić information content (AvgIpc) is 3.30. The first-order chi connectivity index (χ1) is 11.1. The molecular weight excluding hydrogens is 288 g/mol. The normalized spacial score (nSPS) is 24.9. The molecule has 0 bridgehead atoms. The van der Waals surface area contributed by atoms with Crippen LogP contribution in [-0.4, -0.2) is 47.0 Å². The zero-order chi connectivity index (χ0) is 16.0. The SMILES string of the molecule is C[C@@H]1CCN(C(=O)C2CC2)C[C@@H]1N(C)c1ccnc2[nH]ccc12. The first kappa shape index (κ1) is 14.5. The highest BCUT2D eigenvalue weighted by atomic mass is 16.2. The van der Waals surface area contributed by atoms with Crippen molar-refractivity contribution >= 4 is 22.6 Å². The Morgan fingerprint density at radius 1 is 1.35 bits per heavy atom. The molecule has 0 spiro atoms. The smallest absolute Gasteiger partial charge is 0.225 e. The van der Waals surface area contributed by atoms with Crippen LogP contribution >= 0.6 is 0 Å². The van der Waals surface area contributed by atoms with Crippen molar-refractivity contribution in [2.45, 2.75) is 32.2 Å². The van der Waals surface area contributed by atoms with E-state index in [-0.39, 0.29) is 0 Å². The summed E-state index contributed by atoms with van der Waals surface area (Å²) < 4.78 is 0. The summed E-state index contributed by atoms with van der Waals surface area (Å²) in [4.78, 5) is 24.4. The minimum atomic E-state index is 0.312. The highest BCUT2D eigenvalue weighted by molar-refractivity contribution is 5.89. The summed E-state index contributed by atoms with van der Waals surface area (Å²) in [6, 6.07) is 4.51. The van der Waals surface area contributed by atoms with Gasteiger partial charge in [0.25, 0.3) is 0 Å². The van der Waals surface area contributed by atoms with Gasteiger partial charge in [-0.05, 0) is 37.3 Å². The molecule has 2 aliphatic rings. The van der Waals surface area contributed by atoms with Gasteiger partial charge in [0, 0.05) is 55.6 Å². The van der Waals surface area contributed by atoms with E-state index in [1.54, 1.807) is 0 Å². The third kappa shape index (κ3) is 2.58. The molecule has 1 saturated carbocycles. The zero-order valence-corrected chi connectivity index (χ0v) is 13.8. The third-order valence-electron chi connectivity index (χ3n) is 5.47. The summed E-state index contributed by atoms with van der Waals surface area (Å²) in [5, 5.41) is 1.15. The van der Waals surface area contributed by atoms with Gasteiger partial charge in [-0.1, -0.05) is 6.92 Å². The number of carbonyl (C=O) groups excluding carboxylic acids is 1. The number of rotatable bonds is 3. The summed E-state index contributed by atoms with van der Waals surface area (Å²) in [6.45, 7) is 4.05. The fraction of sp³-hybridized carbons (Fsp3) is 0.556. The van der Waals surface area contributed by atoms with Crippen molar-refractivity contribution in [3.8, 4) is 0 Å². The minimum absolute atomic E-state index is 0.312. The molecule has 122 valence electrons. The lowest BCUT2D eigenvalue weighted by atomic mass is 9.91. The number of amides is 1. The van der Waals surface area contributed by atoms with E-state index in [0.717, 1.165) is 43.4 Å². The molecule has 1 saturated heterocycles. The number of aromatic nitrogens is 2. The number of likely N-dealkylation sites (tertiary alicyclic amines) is 1. The molecule has 3 heterocycles. The standard InChI is InChI=1S/C18H24N4O/c1-12-7-10-22(18(23)13-3-4-13)11-16(12)21(2)15-6-9-20-17-14(15)5-8-19-17/h5-6,8-9,12-13,16H,3-4,7,10-11H2,1-2H3,(H,19,20)/t12-,16+/m1/s1. The van der Waals surface area contributed by atoms with Gasteiger partial charge in [0.1, 0.15) is 5.65 Å². The van der Waals surface area contributed by atoms with Crippen molar-refractivity contribution in [3.63, 3.8) is 0 Å². The van der Waals surface area contributed by atoms with Crippen LogP contribution in [0, 0.1) is 11.8 Å². The molecule has 0 radical (unpaired) electrons. The number of piperidine rings is 1. The van der Waals surface area contributed by atoms with Gasteiger partial charge in [0.05, 0.1) is 0 Å². The summed E-state index contributed by atoms with van der Waals surface area (Å²) >= 11 is 0. The van der Waals surface area contributed by atoms with Gasteiger partial charge >= 0.3 is 0 Å². The van der Waals surface area contributed by atoms with Crippen LogP contribution < -0.4 is 4.90 Å². The minimum Gasteiger partial charge on any atom is -0.369 e. The molecule has 1 aliphatic heterocycles. The Balaban J connectivity index is 1.59. The lowest BCUT2D eigenvalue weighted by Crippen LogP contribution is -2.53. The molecule has 1 aliphatic carbocycles. The van der Waals surface area contributed by atoms with Gasteiger partial charge in [0.2, 0.25) is 5.91 Å². The number of likely N-dealkylation sites (N-methyl/N-ethyl adjacent to an activating group) is 1. The first-order valence-electron chi connectivity index (χ1n) is 8.59. The van der Waals surface area contributed by atoms with Crippen LogP contribution in [0.15, 0.2) is 24.5 Å². The van der Waals surface area contributed by atoms with E-state index in [4.69, 9.17) is 0 Å². The molecule has 0 aromatic carbocycles. The van der Waals surface area contributed by atoms with E-state index in [2.05, 4.69) is 45.9 Å². The van der Waals surface area contributed by atoms with Crippen molar-refractivity contribution in [2.24, 2.45) is 11.8 Å². The van der Waals surface area contributed by atoms with E-state index >= 15 is 0 Å². The fourth-order valence-electron chi connectivity index (χ4n) is 3.77.